The zero-order valence-electron chi connectivity index (χ0n) is 33.1. The molecule has 4 amide bonds. The molecule has 2 aliphatic heterocycles. The molecule has 296 valence electrons. The summed E-state index contributed by atoms with van der Waals surface area (Å²) < 4.78 is 12.0. The fraction of sp³-hybridized carbons (Fsp3) is 0.659. The van der Waals surface area contributed by atoms with Crippen molar-refractivity contribution in [2.75, 3.05) is 41.4 Å². The Labute approximate surface area is 320 Å². The maximum atomic E-state index is 14.2. The van der Waals surface area contributed by atoms with E-state index in [4.69, 9.17) is 9.47 Å². The van der Waals surface area contributed by atoms with Crippen LogP contribution in [-0.4, -0.2) is 126 Å². The molecule has 2 aromatic rings. The minimum Gasteiger partial charge on any atom is -0.379 e. The lowest BCUT2D eigenvalue weighted by atomic mass is 9.90. The van der Waals surface area contributed by atoms with Crippen LogP contribution in [0.25, 0.3) is 0 Å². The first-order valence-corrected chi connectivity index (χ1v) is 19.7. The SMILES string of the molecule is CCC(C)C(C(CC(=O)N1CCCC1C(OC)C(C)C(=O)NC(Cc1ccccc1)c1ncccn1)OC)N(C)C(=O)CNC(=O)C1C2CCC(C2)N1C. The van der Waals surface area contributed by atoms with E-state index in [0.29, 0.717) is 37.2 Å². The quantitative estimate of drug-likeness (QED) is 0.234. The zero-order chi connectivity index (χ0) is 38.9. The molecule has 3 heterocycles. The molecular weight excluding hydrogens is 686 g/mol. The normalized spacial score (nSPS) is 24.3. The number of nitrogens with zero attached hydrogens (tertiary/aromatic N) is 5. The second-order valence-electron chi connectivity index (χ2n) is 15.6. The molecule has 54 heavy (non-hydrogen) atoms. The Morgan fingerprint density at radius 3 is 2.35 bits per heavy atom. The summed E-state index contributed by atoms with van der Waals surface area (Å²) >= 11 is 0. The molecule has 10 atom stereocenters. The number of fused-ring (bicyclic) bond motifs is 2. The van der Waals surface area contributed by atoms with Crippen LogP contribution in [0.4, 0.5) is 0 Å². The summed E-state index contributed by atoms with van der Waals surface area (Å²) in [4.78, 5) is 69.3. The number of benzene rings is 1. The van der Waals surface area contributed by atoms with Gasteiger partial charge in [0.15, 0.2) is 5.82 Å². The van der Waals surface area contributed by atoms with Crippen molar-refractivity contribution in [1.29, 1.82) is 0 Å². The number of methoxy groups -OCH3 is 2. The minimum absolute atomic E-state index is 0.0198. The van der Waals surface area contributed by atoms with Crippen LogP contribution in [0.2, 0.25) is 0 Å². The van der Waals surface area contributed by atoms with Crippen LogP contribution < -0.4 is 10.6 Å². The van der Waals surface area contributed by atoms with Gasteiger partial charge in [0.2, 0.25) is 23.6 Å². The lowest BCUT2D eigenvalue weighted by Crippen LogP contribution is -2.55. The predicted octanol–water partition coefficient (Wildman–Crippen LogP) is 3.40. The summed E-state index contributed by atoms with van der Waals surface area (Å²) in [5.41, 5.74) is 1.04. The van der Waals surface area contributed by atoms with Gasteiger partial charge in [-0.3, -0.25) is 24.1 Å². The largest absolute Gasteiger partial charge is 0.379 e. The number of likely N-dealkylation sites (N-methyl/N-ethyl adjacent to an activating group) is 2. The molecule has 1 aromatic heterocycles. The van der Waals surface area contributed by atoms with Gasteiger partial charge in [-0.2, -0.15) is 0 Å². The van der Waals surface area contributed by atoms with Crippen molar-refractivity contribution in [2.45, 2.75) is 115 Å². The number of nitrogens with one attached hydrogen (secondary N) is 2. The van der Waals surface area contributed by atoms with Crippen LogP contribution in [-0.2, 0) is 35.1 Å². The molecule has 0 spiro atoms. The number of hydrogen-bond donors (Lipinski definition) is 2. The van der Waals surface area contributed by atoms with Gasteiger partial charge in [0.25, 0.3) is 0 Å². The molecule has 13 heteroatoms. The van der Waals surface area contributed by atoms with Gasteiger partial charge < -0.3 is 29.9 Å². The summed E-state index contributed by atoms with van der Waals surface area (Å²) in [6.07, 6.45) is 8.22. The van der Waals surface area contributed by atoms with Gasteiger partial charge in [-0.25, -0.2) is 9.97 Å². The van der Waals surface area contributed by atoms with Crippen LogP contribution in [0.15, 0.2) is 48.8 Å². The Kier molecular flexibility index (Phi) is 14.6. The summed E-state index contributed by atoms with van der Waals surface area (Å²) in [7, 11) is 6.90. The van der Waals surface area contributed by atoms with Gasteiger partial charge in [-0.1, -0.05) is 57.5 Å². The molecule has 2 N–H and O–H groups in total. The van der Waals surface area contributed by atoms with Crippen molar-refractivity contribution in [2.24, 2.45) is 17.8 Å². The van der Waals surface area contributed by atoms with Crippen LogP contribution in [0.3, 0.4) is 0 Å². The molecule has 3 aliphatic rings. The molecule has 2 bridgehead atoms. The van der Waals surface area contributed by atoms with Gasteiger partial charge in [-0.15, -0.1) is 0 Å². The highest BCUT2D eigenvalue weighted by Crippen LogP contribution is 2.41. The smallest absolute Gasteiger partial charge is 0.242 e. The van der Waals surface area contributed by atoms with Crippen LogP contribution in [0.5, 0.6) is 0 Å². The zero-order valence-corrected chi connectivity index (χ0v) is 33.1. The number of amides is 4. The van der Waals surface area contributed by atoms with Crippen LogP contribution >= 0.6 is 0 Å². The van der Waals surface area contributed by atoms with E-state index >= 15 is 0 Å². The molecule has 5 rings (SSSR count). The predicted molar refractivity (Wildman–Crippen MR) is 205 cm³/mol. The van der Waals surface area contributed by atoms with E-state index in [2.05, 4.69) is 39.3 Å². The molecule has 2 saturated heterocycles. The Balaban J connectivity index is 1.23. The first-order chi connectivity index (χ1) is 26.0. The van der Waals surface area contributed by atoms with E-state index in [0.717, 1.165) is 37.7 Å². The third kappa shape index (κ3) is 9.46. The molecule has 1 saturated carbocycles. The van der Waals surface area contributed by atoms with E-state index in [1.807, 2.05) is 49.2 Å². The summed E-state index contributed by atoms with van der Waals surface area (Å²) in [5.74, 6) is -0.338. The number of aromatic nitrogens is 2. The fourth-order valence-electron chi connectivity index (χ4n) is 9.17. The number of carbonyl (C=O) groups is 4. The summed E-state index contributed by atoms with van der Waals surface area (Å²) in [6.45, 7) is 6.37. The van der Waals surface area contributed by atoms with Crippen LogP contribution in [0, 0.1) is 17.8 Å². The van der Waals surface area contributed by atoms with E-state index in [1.165, 1.54) is 0 Å². The maximum absolute atomic E-state index is 14.2. The second-order valence-corrected chi connectivity index (χ2v) is 15.6. The van der Waals surface area contributed by atoms with Gasteiger partial charge in [0, 0.05) is 46.2 Å². The third-order valence-electron chi connectivity index (χ3n) is 12.4. The van der Waals surface area contributed by atoms with Crippen molar-refractivity contribution in [3.8, 4) is 0 Å². The Bertz CT molecular complexity index is 1550. The molecule has 0 radical (unpaired) electrons. The highest BCUT2D eigenvalue weighted by atomic mass is 16.5. The first kappa shape index (κ1) is 41.2. The van der Waals surface area contributed by atoms with Crippen molar-refractivity contribution in [1.82, 2.24) is 35.3 Å². The molecule has 1 aromatic carbocycles. The second kappa shape index (κ2) is 19.1. The Morgan fingerprint density at radius 1 is 1.00 bits per heavy atom. The first-order valence-electron chi connectivity index (χ1n) is 19.7. The minimum atomic E-state index is -0.584. The van der Waals surface area contributed by atoms with E-state index in [9.17, 15) is 19.2 Å². The lowest BCUT2D eigenvalue weighted by Gasteiger charge is -2.39. The third-order valence-corrected chi connectivity index (χ3v) is 12.4. The van der Waals surface area contributed by atoms with Gasteiger partial charge in [-0.05, 0) is 69.0 Å². The maximum Gasteiger partial charge on any atom is 0.242 e. The number of ether oxygens (including phenoxy) is 2. The molecule has 10 unspecified atom stereocenters. The van der Waals surface area contributed by atoms with Crippen molar-refractivity contribution < 1.29 is 28.7 Å². The van der Waals surface area contributed by atoms with E-state index in [-0.39, 0.29) is 54.6 Å². The Morgan fingerprint density at radius 2 is 1.72 bits per heavy atom. The van der Waals surface area contributed by atoms with Crippen molar-refractivity contribution in [3.05, 3.63) is 60.2 Å². The van der Waals surface area contributed by atoms with Gasteiger partial charge >= 0.3 is 0 Å². The highest BCUT2D eigenvalue weighted by Gasteiger charge is 2.47. The summed E-state index contributed by atoms with van der Waals surface area (Å²) in [6, 6.07) is 10.7. The lowest BCUT2D eigenvalue weighted by molar-refractivity contribution is -0.146. The van der Waals surface area contributed by atoms with Crippen LogP contribution in [0.1, 0.15) is 83.1 Å². The molecule has 13 nitrogen and oxygen atoms in total. The molecule has 3 fully saturated rings. The van der Waals surface area contributed by atoms with Crippen molar-refractivity contribution in [3.63, 3.8) is 0 Å². The highest BCUT2D eigenvalue weighted by molar-refractivity contribution is 5.88. The Hall–Kier alpha value is -3.94. The van der Waals surface area contributed by atoms with Gasteiger partial charge in [0.1, 0.15) is 0 Å². The molecule has 1 aliphatic carbocycles. The fourth-order valence-corrected chi connectivity index (χ4v) is 9.17. The number of hydrogen-bond acceptors (Lipinski definition) is 9. The average molecular weight is 748 g/mol. The van der Waals surface area contributed by atoms with E-state index < -0.39 is 30.2 Å². The topological polar surface area (TPSA) is 146 Å². The molecular formula is C41H61N7O6. The number of rotatable bonds is 18. The monoisotopic (exact) mass is 747 g/mol. The van der Waals surface area contributed by atoms with Gasteiger partial charge in [0.05, 0.1) is 55.3 Å². The van der Waals surface area contributed by atoms with Crippen molar-refractivity contribution >= 4 is 23.6 Å². The number of piperidine rings is 1. The number of likely N-dealkylation sites (tertiary alicyclic amines) is 2. The standard InChI is InChI=1S/C41H61N7O6/c1-8-26(2)36(47(5)35(50)25-44-41(52)37-29-17-18-30(23-29)46(37)4)33(53-6)24-34(49)48-21-12-16-32(48)38(54-7)27(3)40(51)45-31(39-42-19-13-20-43-39)22-28-14-10-9-11-15-28/h9-11,13-15,19-20,26-27,29-33,36-38H,8,12,16-18,21-25H2,1-7H3,(H,44,52)(H,45,51). The number of carbonyl (C=O) groups excluding carboxylic acids is 4. The van der Waals surface area contributed by atoms with E-state index in [1.54, 1.807) is 44.6 Å². The summed E-state index contributed by atoms with van der Waals surface area (Å²) in [5, 5.41) is 6.08. The average Bonchev–Trinajstić information content (AvgIpc) is 3.94.